The van der Waals surface area contributed by atoms with Crippen molar-refractivity contribution in [1.82, 2.24) is 9.88 Å². The van der Waals surface area contributed by atoms with Gasteiger partial charge in [0, 0.05) is 35.8 Å². The van der Waals surface area contributed by atoms with Crippen molar-refractivity contribution < 1.29 is 14.3 Å². The maximum atomic E-state index is 13.3. The number of benzene rings is 2. The van der Waals surface area contributed by atoms with E-state index in [-0.39, 0.29) is 23.7 Å². The monoisotopic (exact) mass is 390 g/mol. The van der Waals surface area contributed by atoms with Crippen molar-refractivity contribution in [2.75, 3.05) is 19.7 Å². The molecule has 4 rings (SSSR count). The topological polar surface area (TPSA) is 62.4 Å². The Balaban J connectivity index is 1.49. The minimum Gasteiger partial charge on any atom is -0.466 e. The summed E-state index contributed by atoms with van der Waals surface area (Å²) in [7, 11) is 0. The Morgan fingerprint density at radius 1 is 1.14 bits per heavy atom. The Hall–Kier alpha value is -3.08. The van der Waals surface area contributed by atoms with Crippen LogP contribution in [0.5, 0.6) is 0 Å². The first-order valence-corrected chi connectivity index (χ1v) is 10.2. The molecule has 1 aliphatic rings. The molecule has 1 saturated carbocycles. The number of H-pyrrole nitrogens is 1. The summed E-state index contributed by atoms with van der Waals surface area (Å²) in [4.78, 5) is 30.4. The van der Waals surface area contributed by atoms with E-state index in [2.05, 4.69) is 17.1 Å². The molecular weight excluding hydrogens is 364 g/mol. The van der Waals surface area contributed by atoms with Crippen molar-refractivity contribution in [3.05, 3.63) is 71.9 Å². The van der Waals surface area contributed by atoms with Crippen LogP contribution in [0.15, 0.2) is 60.8 Å². The predicted octanol–water partition coefficient (Wildman–Crippen LogP) is 4.05. The molecule has 1 amide bonds. The molecule has 5 nitrogen and oxygen atoms in total. The molecule has 0 spiro atoms. The molecule has 1 N–H and O–H groups in total. The van der Waals surface area contributed by atoms with E-state index in [1.54, 1.807) is 0 Å². The summed E-state index contributed by atoms with van der Waals surface area (Å²) < 4.78 is 5.15. The smallest absolute Gasteiger partial charge is 0.309 e. The standard InChI is InChI=1S/C24H26N2O3/c1-2-29-24(28)21-15-20(21)16-26(13-11-17-6-4-3-5-7-17)23(27)19-8-9-22-18(14-19)10-12-25-22/h3-10,12,14,20-21,25H,2,11,13,15-16H2,1H3/t20-,21-/m1/s1. The fourth-order valence-electron chi connectivity index (χ4n) is 3.82. The lowest BCUT2D eigenvalue weighted by Crippen LogP contribution is -2.35. The van der Waals surface area contributed by atoms with E-state index >= 15 is 0 Å². The van der Waals surface area contributed by atoms with Crippen LogP contribution in [0, 0.1) is 11.8 Å². The zero-order valence-electron chi connectivity index (χ0n) is 16.6. The van der Waals surface area contributed by atoms with Gasteiger partial charge in [0.2, 0.25) is 0 Å². The number of ether oxygens (including phenoxy) is 1. The highest BCUT2D eigenvalue weighted by Crippen LogP contribution is 2.40. The van der Waals surface area contributed by atoms with Gasteiger partial charge in [0.25, 0.3) is 5.91 Å². The number of carbonyl (C=O) groups excluding carboxylic acids is 2. The van der Waals surface area contributed by atoms with Crippen molar-refractivity contribution in [2.24, 2.45) is 11.8 Å². The second-order valence-electron chi connectivity index (χ2n) is 7.62. The quantitative estimate of drug-likeness (QED) is 0.590. The Morgan fingerprint density at radius 3 is 2.76 bits per heavy atom. The Bertz CT molecular complexity index is 996. The summed E-state index contributed by atoms with van der Waals surface area (Å²) in [5.74, 6) is -0.0147. The molecule has 2 aromatic carbocycles. The van der Waals surface area contributed by atoms with Crippen LogP contribution in [-0.2, 0) is 16.0 Å². The van der Waals surface area contributed by atoms with Crippen LogP contribution < -0.4 is 0 Å². The van der Waals surface area contributed by atoms with Crippen molar-refractivity contribution in [2.45, 2.75) is 19.8 Å². The Morgan fingerprint density at radius 2 is 1.97 bits per heavy atom. The third-order valence-electron chi connectivity index (χ3n) is 5.57. The number of aromatic amines is 1. The summed E-state index contributed by atoms with van der Waals surface area (Å²) in [6, 6.07) is 17.9. The van der Waals surface area contributed by atoms with Crippen molar-refractivity contribution in [3.63, 3.8) is 0 Å². The van der Waals surface area contributed by atoms with Gasteiger partial charge >= 0.3 is 5.97 Å². The summed E-state index contributed by atoms with van der Waals surface area (Å²) in [6.45, 7) is 3.43. The normalized spacial score (nSPS) is 17.8. The lowest BCUT2D eigenvalue weighted by atomic mass is 10.1. The van der Waals surface area contributed by atoms with Gasteiger partial charge in [-0.25, -0.2) is 0 Å². The summed E-state index contributed by atoms with van der Waals surface area (Å²) in [5.41, 5.74) is 2.89. The van der Waals surface area contributed by atoms with Gasteiger partial charge in [-0.3, -0.25) is 9.59 Å². The fourth-order valence-corrected chi connectivity index (χ4v) is 3.82. The SMILES string of the molecule is CCOC(=O)[C@@H]1C[C@@H]1CN(CCc1ccccc1)C(=O)c1ccc2[nH]ccc2c1. The average Bonchev–Trinajstić information content (AvgIpc) is 3.36. The third kappa shape index (κ3) is 4.50. The molecule has 5 heteroatoms. The molecule has 0 bridgehead atoms. The van der Waals surface area contributed by atoms with Gasteiger partial charge in [0.15, 0.2) is 0 Å². The van der Waals surface area contributed by atoms with Gasteiger partial charge in [0.05, 0.1) is 12.5 Å². The number of rotatable bonds is 8. The highest BCUT2D eigenvalue weighted by Gasteiger charge is 2.45. The van der Waals surface area contributed by atoms with Gasteiger partial charge in [-0.1, -0.05) is 30.3 Å². The molecule has 1 aromatic heterocycles. The van der Waals surface area contributed by atoms with E-state index in [4.69, 9.17) is 4.74 Å². The van der Waals surface area contributed by atoms with Crippen molar-refractivity contribution in [3.8, 4) is 0 Å². The van der Waals surface area contributed by atoms with Crippen LogP contribution in [0.3, 0.4) is 0 Å². The van der Waals surface area contributed by atoms with Crippen LogP contribution in [0.1, 0.15) is 29.3 Å². The number of hydrogen-bond acceptors (Lipinski definition) is 3. The van der Waals surface area contributed by atoms with Crippen LogP contribution in [-0.4, -0.2) is 41.5 Å². The minimum atomic E-state index is -0.137. The number of hydrogen-bond donors (Lipinski definition) is 1. The molecule has 150 valence electrons. The fraction of sp³-hybridized carbons (Fsp3) is 0.333. The lowest BCUT2D eigenvalue weighted by Gasteiger charge is -2.23. The molecule has 2 atom stereocenters. The molecule has 0 unspecified atom stereocenters. The molecule has 29 heavy (non-hydrogen) atoms. The lowest BCUT2D eigenvalue weighted by molar-refractivity contribution is -0.145. The summed E-state index contributed by atoms with van der Waals surface area (Å²) in [6.07, 6.45) is 3.46. The number of esters is 1. The van der Waals surface area contributed by atoms with Crippen LogP contribution in [0.25, 0.3) is 10.9 Å². The molecule has 0 aliphatic heterocycles. The number of nitrogens with zero attached hydrogens (tertiary/aromatic N) is 1. The van der Waals surface area contributed by atoms with Gasteiger partial charge in [-0.2, -0.15) is 0 Å². The third-order valence-corrected chi connectivity index (χ3v) is 5.57. The maximum Gasteiger partial charge on any atom is 0.309 e. The van der Waals surface area contributed by atoms with Gasteiger partial charge in [0.1, 0.15) is 0 Å². The van der Waals surface area contributed by atoms with Crippen molar-refractivity contribution in [1.29, 1.82) is 0 Å². The first-order chi connectivity index (χ1) is 14.2. The molecule has 0 radical (unpaired) electrons. The first-order valence-electron chi connectivity index (χ1n) is 10.2. The largest absolute Gasteiger partial charge is 0.466 e. The average molecular weight is 390 g/mol. The Labute approximate surface area is 170 Å². The first kappa shape index (κ1) is 19.2. The molecule has 1 fully saturated rings. The van der Waals surface area contributed by atoms with Gasteiger partial charge in [-0.15, -0.1) is 0 Å². The van der Waals surface area contributed by atoms with Crippen molar-refractivity contribution >= 4 is 22.8 Å². The number of aromatic nitrogens is 1. The molecule has 3 aromatic rings. The Kier molecular flexibility index (Phi) is 5.65. The van der Waals surface area contributed by atoms with Crippen LogP contribution in [0.2, 0.25) is 0 Å². The number of nitrogens with one attached hydrogen (secondary N) is 1. The second kappa shape index (κ2) is 8.52. The maximum absolute atomic E-state index is 13.3. The summed E-state index contributed by atoms with van der Waals surface area (Å²) in [5, 5.41) is 1.02. The van der Waals surface area contributed by atoms with Crippen LogP contribution >= 0.6 is 0 Å². The number of fused-ring (bicyclic) bond motifs is 1. The number of carbonyl (C=O) groups is 2. The van der Waals surface area contributed by atoms with Gasteiger partial charge in [-0.05, 0) is 55.5 Å². The van der Waals surface area contributed by atoms with E-state index in [1.165, 1.54) is 5.56 Å². The van der Waals surface area contributed by atoms with Crippen LogP contribution in [0.4, 0.5) is 0 Å². The molecule has 1 heterocycles. The predicted molar refractivity (Wildman–Crippen MR) is 113 cm³/mol. The second-order valence-corrected chi connectivity index (χ2v) is 7.62. The molecular formula is C24H26N2O3. The molecule has 0 saturated heterocycles. The van der Waals surface area contributed by atoms with E-state index < -0.39 is 0 Å². The number of amides is 1. The minimum absolute atomic E-state index is 0.0125. The van der Waals surface area contributed by atoms with Gasteiger partial charge < -0.3 is 14.6 Å². The zero-order valence-corrected chi connectivity index (χ0v) is 16.6. The highest BCUT2D eigenvalue weighted by atomic mass is 16.5. The van der Waals surface area contributed by atoms with E-state index in [0.29, 0.717) is 25.3 Å². The van der Waals surface area contributed by atoms with E-state index in [0.717, 1.165) is 23.7 Å². The van der Waals surface area contributed by atoms with E-state index in [1.807, 2.05) is 60.5 Å². The zero-order chi connectivity index (χ0) is 20.2. The summed E-state index contributed by atoms with van der Waals surface area (Å²) >= 11 is 0. The van der Waals surface area contributed by atoms with E-state index in [9.17, 15) is 9.59 Å². The molecule has 1 aliphatic carbocycles. The highest BCUT2D eigenvalue weighted by molar-refractivity contribution is 5.98.